The maximum atomic E-state index is 11.3. The summed E-state index contributed by atoms with van der Waals surface area (Å²) in [5.41, 5.74) is 5.38. The van der Waals surface area contributed by atoms with E-state index >= 15 is 0 Å². The Balaban J connectivity index is 3.12. The fourth-order valence-electron chi connectivity index (χ4n) is 1.40. The molecule has 0 aliphatic heterocycles. The SMILES string of the molecule is CCCCOCCOC(=O)CCCCCCN. The third kappa shape index (κ3) is 13.3. The Hall–Kier alpha value is -0.610. The van der Waals surface area contributed by atoms with Crippen LogP contribution < -0.4 is 5.73 Å². The van der Waals surface area contributed by atoms with E-state index in [-0.39, 0.29) is 5.97 Å². The normalized spacial score (nSPS) is 10.5. The van der Waals surface area contributed by atoms with Crippen molar-refractivity contribution in [3.8, 4) is 0 Å². The van der Waals surface area contributed by atoms with Gasteiger partial charge in [0.15, 0.2) is 0 Å². The predicted octanol–water partition coefficient (Wildman–Crippen LogP) is 2.26. The van der Waals surface area contributed by atoms with Gasteiger partial charge in [0.1, 0.15) is 6.61 Å². The van der Waals surface area contributed by atoms with Crippen molar-refractivity contribution in [2.45, 2.75) is 51.9 Å². The summed E-state index contributed by atoms with van der Waals surface area (Å²) in [6, 6.07) is 0. The zero-order valence-corrected chi connectivity index (χ0v) is 11.1. The van der Waals surface area contributed by atoms with Crippen LogP contribution in [-0.2, 0) is 14.3 Å². The van der Waals surface area contributed by atoms with Crippen LogP contribution in [0.5, 0.6) is 0 Å². The average molecular weight is 245 g/mol. The maximum Gasteiger partial charge on any atom is 0.305 e. The van der Waals surface area contributed by atoms with Gasteiger partial charge in [0.2, 0.25) is 0 Å². The van der Waals surface area contributed by atoms with Crippen LogP contribution >= 0.6 is 0 Å². The van der Waals surface area contributed by atoms with Gasteiger partial charge < -0.3 is 15.2 Å². The standard InChI is InChI=1S/C13H27NO3/c1-2-3-10-16-11-12-17-13(15)8-6-4-5-7-9-14/h2-12,14H2,1H3. The summed E-state index contributed by atoms with van der Waals surface area (Å²) in [4.78, 5) is 11.3. The summed E-state index contributed by atoms with van der Waals surface area (Å²) in [7, 11) is 0. The first-order valence-electron chi connectivity index (χ1n) is 6.74. The number of rotatable bonds is 12. The Morgan fingerprint density at radius 1 is 1.00 bits per heavy atom. The minimum absolute atomic E-state index is 0.114. The minimum Gasteiger partial charge on any atom is -0.463 e. The quantitative estimate of drug-likeness (QED) is 0.423. The number of hydrogen-bond acceptors (Lipinski definition) is 4. The van der Waals surface area contributed by atoms with Crippen molar-refractivity contribution in [2.24, 2.45) is 5.73 Å². The lowest BCUT2D eigenvalue weighted by molar-refractivity contribution is -0.145. The second kappa shape index (κ2) is 13.5. The molecule has 0 atom stereocenters. The monoisotopic (exact) mass is 245 g/mol. The minimum atomic E-state index is -0.114. The highest BCUT2D eigenvalue weighted by Crippen LogP contribution is 2.03. The molecule has 0 amide bonds. The lowest BCUT2D eigenvalue weighted by Gasteiger charge is -2.05. The molecule has 102 valence electrons. The first kappa shape index (κ1) is 16.4. The zero-order valence-electron chi connectivity index (χ0n) is 11.1. The number of nitrogens with two attached hydrogens (primary N) is 1. The van der Waals surface area contributed by atoms with Crippen LogP contribution in [0.2, 0.25) is 0 Å². The van der Waals surface area contributed by atoms with Crippen molar-refractivity contribution in [3.05, 3.63) is 0 Å². The largest absolute Gasteiger partial charge is 0.463 e. The van der Waals surface area contributed by atoms with E-state index in [0.717, 1.165) is 51.7 Å². The van der Waals surface area contributed by atoms with Crippen LogP contribution in [0.15, 0.2) is 0 Å². The average Bonchev–Trinajstić information content (AvgIpc) is 2.33. The smallest absolute Gasteiger partial charge is 0.305 e. The number of unbranched alkanes of at least 4 members (excludes halogenated alkanes) is 4. The molecular formula is C13H27NO3. The summed E-state index contributed by atoms with van der Waals surface area (Å²) >= 11 is 0. The van der Waals surface area contributed by atoms with Crippen molar-refractivity contribution in [3.63, 3.8) is 0 Å². The summed E-state index contributed by atoms with van der Waals surface area (Å²) in [6.45, 7) is 4.50. The Bertz CT molecular complexity index is 174. The fraction of sp³-hybridized carbons (Fsp3) is 0.923. The Morgan fingerprint density at radius 2 is 1.76 bits per heavy atom. The van der Waals surface area contributed by atoms with E-state index in [1.165, 1.54) is 0 Å². The number of ether oxygens (including phenoxy) is 2. The van der Waals surface area contributed by atoms with E-state index in [2.05, 4.69) is 6.92 Å². The summed E-state index contributed by atoms with van der Waals surface area (Å²) in [6.07, 6.45) is 6.80. The van der Waals surface area contributed by atoms with Gasteiger partial charge in [0, 0.05) is 13.0 Å². The molecule has 0 aliphatic carbocycles. The van der Waals surface area contributed by atoms with E-state index < -0.39 is 0 Å². The second-order valence-corrected chi connectivity index (χ2v) is 4.14. The molecule has 0 aromatic rings. The molecule has 0 saturated heterocycles. The van der Waals surface area contributed by atoms with Crippen LogP contribution in [0.25, 0.3) is 0 Å². The lowest BCUT2D eigenvalue weighted by atomic mass is 10.1. The van der Waals surface area contributed by atoms with E-state index in [1.807, 2.05) is 0 Å². The molecule has 4 heteroatoms. The zero-order chi connectivity index (χ0) is 12.8. The maximum absolute atomic E-state index is 11.3. The van der Waals surface area contributed by atoms with Crippen LogP contribution in [0.3, 0.4) is 0 Å². The van der Waals surface area contributed by atoms with E-state index in [9.17, 15) is 4.79 Å². The van der Waals surface area contributed by atoms with Crippen molar-refractivity contribution in [1.82, 2.24) is 0 Å². The Labute approximate surface area is 105 Å². The summed E-state index contributed by atoms with van der Waals surface area (Å²) in [5, 5.41) is 0. The molecule has 0 bridgehead atoms. The van der Waals surface area contributed by atoms with Gasteiger partial charge >= 0.3 is 5.97 Å². The molecule has 0 aromatic heterocycles. The molecular weight excluding hydrogens is 218 g/mol. The molecule has 0 aliphatic rings. The molecule has 0 aromatic carbocycles. The fourth-order valence-corrected chi connectivity index (χ4v) is 1.40. The van der Waals surface area contributed by atoms with Gasteiger partial charge in [-0.05, 0) is 25.8 Å². The van der Waals surface area contributed by atoms with Crippen molar-refractivity contribution in [1.29, 1.82) is 0 Å². The van der Waals surface area contributed by atoms with Crippen LogP contribution in [0.1, 0.15) is 51.9 Å². The number of carbonyl (C=O) groups is 1. The number of esters is 1. The van der Waals surface area contributed by atoms with Crippen molar-refractivity contribution >= 4 is 5.97 Å². The van der Waals surface area contributed by atoms with Gasteiger partial charge in [-0.25, -0.2) is 0 Å². The number of carbonyl (C=O) groups excluding carboxylic acids is 1. The van der Waals surface area contributed by atoms with Crippen LogP contribution in [0.4, 0.5) is 0 Å². The Kier molecular flexibility index (Phi) is 13.0. The van der Waals surface area contributed by atoms with E-state index in [1.54, 1.807) is 0 Å². The molecule has 0 unspecified atom stereocenters. The molecule has 0 spiro atoms. The van der Waals surface area contributed by atoms with Crippen molar-refractivity contribution in [2.75, 3.05) is 26.4 Å². The molecule has 0 rings (SSSR count). The third-order valence-electron chi connectivity index (χ3n) is 2.47. The van der Waals surface area contributed by atoms with E-state index in [4.69, 9.17) is 15.2 Å². The highest BCUT2D eigenvalue weighted by Gasteiger charge is 2.01. The molecule has 4 nitrogen and oxygen atoms in total. The molecule has 17 heavy (non-hydrogen) atoms. The second-order valence-electron chi connectivity index (χ2n) is 4.14. The highest BCUT2D eigenvalue weighted by molar-refractivity contribution is 5.69. The molecule has 0 fully saturated rings. The first-order chi connectivity index (χ1) is 8.31. The van der Waals surface area contributed by atoms with Crippen LogP contribution in [-0.4, -0.2) is 32.3 Å². The van der Waals surface area contributed by atoms with Crippen LogP contribution in [0, 0.1) is 0 Å². The van der Waals surface area contributed by atoms with Gasteiger partial charge in [-0.3, -0.25) is 4.79 Å². The topological polar surface area (TPSA) is 61.5 Å². The van der Waals surface area contributed by atoms with Crippen molar-refractivity contribution < 1.29 is 14.3 Å². The van der Waals surface area contributed by atoms with Gasteiger partial charge in [-0.1, -0.05) is 26.2 Å². The lowest BCUT2D eigenvalue weighted by Crippen LogP contribution is -2.10. The molecule has 0 radical (unpaired) electrons. The summed E-state index contributed by atoms with van der Waals surface area (Å²) in [5.74, 6) is -0.114. The van der Waals surface area contributed by atoms with E-state index in [0.29, 0.717) is 19.6 Å². The van der Waals surface area contributed by atoms with Gasteiger partial charge in [-0.15, -0.1) is 0 Å². The highest BCUT2D eigenvalue weighted by atomic mass is 16.6. The number of hydrogen-bond donors (Lipinski definition) is 1. The Morgan fingerprint density at radius 3 is 2.47 bits per heavy atom. The molecule has 0 heterocycles. The third-order valence-corrected chi connectivity index (χ3v) is 2.47. The predicted molar refractivity (Wildman–Crippen MR) is 68.8 cm³/mol. The van der Waals surface area contributed by atoms with Gasteiger partial charge in [-0.2, -0.15) is 0 Å². The molecule has 0 saturated carbocycles. The first-order valence-corrected chi connectivity index (χ1v) is 6.74. The van der Waals surface area contributed by atoms with Gasteiger partial charge in [0.05, 0.1) is 6.61 Å². The van der Waals surface area contributed by atoms with Gasteiger partial charge in [0.25, 0.3) is 0 Å². The molecule has 2 N–H and O–H groups in total. The summed E-state index contributed by atoms with van der Waals surface area (Å²) < 4.78 is 10.3.